The maximum Gasteiger partial charge on any atom is 0.233 e. The van der Waals surface area contributed by atoms with Crippen molar-refractivity contribution in [1.82, 2.24) is 5.32 Å². The highest BCUT2D eigenvalue weighted by atomic mass is 79.9. The molecule has 0 aliphatic heterocycles. The van der Waals surface area contributed by atoms with Crippen LogP contribution in [0.5, 0.6) is 0 Å². The van der Waals surface area contributed by atoms with Gasteiger partial charge < -0.3 is 11.1 Å². The summed E-state index contributed by atoms with van der Waals surface area (Å²) in [5, 5.41) is 3.02. The minimum atomic E-state index is -1.36. The first-order valence-electron chi connectivity index (χ1n) is 7.29. The van der Waals surface area contributed by atoms with Gasteiger partial charge in [0.1, 0.15) is 5.75 Å². The predicted octanol–water partition coefficient (Wildman–Crippen LogP) is 2.98. The minimum Gasteiger partial charge on any atom is -0.399 e. The topological polar surface area (TPSA) is 72.2 Å². The average molecular weight is 373 g/mol. The van der Waals surface area contributed by atoms with Gasteiger partial charge in [-0.15, -0.1) is 0 Å². The van der Waals surface area contributed by atoms with Gasteiger partial charge in [-0.3, -0.25) is 9.00 Å². The van der Waals surface area contributed by atoms with Crippen molar-refractivity contribution >= 4 is 38.3 Å². The van der Waals surface area contributed by atoms with Crippen molar-refractivity contribution in [1.29, 1.82) is 0 Å². The average Bonchev–Trinajstić information content (AvgIpc) is 2.66. The predicted molar refractivity (Wildman–Crippen MR) is 89.5 cm³/mol. The fourth-order valence-electron chi connectivity index (χ4n) is 2.59. The SMILES string of the molecule is Nc1ccc(S(=O)CC(=O)NC2CCCCCC2)c(Br)c1. The summed E-state index contributed by atoms with van der Waals surface area (Å²) in [4.78, 5) is 12.7. The highest BCUT2D eigenvalue weighted by molar-refractivity contribution is 9.10. The van der Waals surface area contributed by atoms with E-state index in [1.54, 1.807) is 18.2 Å². The van der Waals surface area contributed by atoms with Crippen LogP contribution >= 0.6 is 15.9 Å². The minimum absolute atomic E-state index is 0.000974. The molecule has 1 atom stereocenters. The van der Waals surface area contributed by atoms with E-state index in [0.29, 0.717) is 15.1 Å². The number of anilines is 1. The molecule has 0 spiro atoms. The smallest absolute Gasteiger partial charge is 0.233 e. The van der Waals surface area contributed by atoms with Gasteiger partial charge in [-0.05, 0) is 47.0 Å². The van der Waals surface area contributed by atoms with Crippen molar-refractivity contribution in [3.8, 4) is 0 Å². The third-order valence-electron chi connectivity index (χ3n) is 3.68. The molecule has 1 fully saturated rings. The Bertz CT molecular complexity index is 528. The van der Waals surface area contributed by atoms with Gasteiger partial charge in [0.2, 0.25) is 5.91 Å². The summed E-state index contributed by atoms with van der Waals surface area (Å²) < 4.78 is 13.0. The molecule has 1 aliphatic rings. The zero-order valence-corrected chi connectivity index (χ0v) is 14.3. The Morgan fingerprint density at radius 2 is 1.95 bits per heavy atom. The highest BCUT2D eigenvalue weighted by Crippen LogP contribution is 2.23. The molecule has 2 rings (SSSR count). The second kappa shape index (κ2) is 7.94. The van der Waals surface area contributed by atoms with E-state index in [4.69, 9.17) is 5.73 Å². The second-order valence-electron chi connectivity index (χ2n) is 5.44. The number of benzene rings is 1. The molecule has 1 unspecified atom stereocenters. The Kier molecular flexibility index (Phi) is 6.23. The Morgan fingerprint density at radius 3 is 2.57 bits per heavy atom. The molecule has 116 valence electrons. The van der Waals surface area contributed by atoms with Gasteiger partial charge in [0.15, 0.2) is 0 Å². The molecule has 1 saturated carbocycles. The van der Waals surface area contributed by atoms with E-state index < -0.39 is 10.8 Å². The summed E-state index contributed by atoms with van der Waals surface area (Å²) in [5.41, 5.74) is 6.26. The normalized spacial score (nSPS) is 18.0. The molecule has 1 aromatic rings. The van der Waals surface area contributed by atoms with Crippen LogP contribution in [0.4, 0.5) is 5.69 Å². The lowest BCUT2D eigenvalue weighted by atomic mass is 10.1. The first-order chi connectivity index (χ1) is 10.1. The van der Waals surface area contributed by atoms with E-state index in [1.165, 1.54) is 12.8 Å². The first-order valence-corrected chi connectivity index (χ1v) is 9.40. The number of amides is 1. The van der Waals surface area contributed by atoms with E-state index in [0.717, 1.165) is 25.7 Å². The number of halogens is 1. The molecule has 1 aromatic carbocycles. The molecule has 6 heteroatoms. The van der Waals surface area contributed by atoms with Crippen molar-refractivity contribution in [2.75, 3.05) is 11.5 Å². The standard InChI is InChI=1S/C15H21BrN2O2S/c16-13-9-11(17)7-8-14(13)21(20)10-15(19)18-12-5-3-1-2-4-6-12/h7-9,12H,1-6,10,17H2,(H,18,19). The monoisotopic (exact) mass is 372 g/mol. The molecule has 4 nitrogen and oxygen atoms in total. The van der Waals surface area contributed by atoms with Crippen LogP contribution in [0.25, 0.3) is 0 Å². The molecule has 0 aromatic heterocycles. The molecular weight excluding hydrogens is 352 g/mol. The zero-order chi connectivity index (χ0) is 15.2. The molecule has 0 radical (unpaired) electrons. The molecule has 0 heterocycles. The molecule has 0 bridgehead atoms. The number of carbonyl (C=O) groups excluding carboxylic acids is 1. The van der Waals surface area contributed by atoms with Crippen LogP contribution < -0.4 is 11.1 Å². The largest absolute Gasteiger partial charge is 0.399 e. The van der Waals surface area contributed by atoms with Crippen LogP contribution in [0.3, 0.4) is 0 Å². The fraction of sp³-hybridized carbons (Fsp3) is 0.533. The van der Waals surface area contributed by atoms with E-state index in [1.807, 2.05) is 0 Å². The van der Waals surface area contributed by atoms with Gasteiger partial charge in [-0.1, -0.05) is 25.7 Å². The molecular formula is C15H21BrN2O2S. The van der Waals surface area contributed by atoms with Crippen LogP contribution in [0.2, 0.25) is 0 Å². The van der Waals surface area contributed by atoms with E-state index in [-0.39, 0.29) is 17.7 Å². The number of nitrogen functional groups attached to an aromatic ring is 1. The van der Waals surface area contributed by atoms with Gasteiger partial charge in [0.25, 0.3) is 0 Å². The van der Waals surface area contributed by atoms with Crippen molar-refractivity contribution in [2.45, 2.75) is 49.5 Å². The Hall–Kier alpha value is -0.880. The number of nitrogens with two attached hydrogens (primary N) is 1. The lowest BCUT2D eigenvalue weighted by Gasteiger charge is -2.16. The first kappa shape index (κ1) is 16.5. The molecule has 0 saturated heterocycles. The number of hydrogen-bond donors (Lipinski definition) is 2. The van der Waals surface area contributed by atoms with Gasteiger partial charge in [-0.25, -0.2) is 0 Å². The highest BCUT2D eigenvalue weighted by Gasteiger charge is 2.18. The van der Waals surface area contributed by atoms with Crippen molar-refractivity contribution in [3.05, 3.63) is 22.7 Å². The molecule has 1 amide bonds. The maximum atomic E-state index is 12.3. The molecule has 21 heavy (non-hydrogen) atoms. The fourth-order valence-corrected chi connectivity index (χ4v) is 4.50. The lowest BCUT2D eigenvalue weighted by Crippen LogP contribution is -2.37. The summed E-state index contributed by atoms with van der Waals surface area (Å²) in [7, 11) is -1.36. The number of carbonyl (C=O) groups is 1. The summed E-state index contributed by atoms with van der Waals surface area (Å²) in [6.07, 6.45) is 6.89. The second-order valence-corrected chi connectivity index (χ2v) is 7.71. The Morgan fingerprint density at radius 1 is 1.29 bits per heavy atom. The summed E-state index contributed by atoms with van der Waals surface area (Å²) in [5.74, 6) is -0.136. The summed E-state index contributed by atoms with van der Waals surface area (Å²) in [6.45, 7) is 0. The Labute approximate surface area is 136 Å². The van der Waals surface area contributed by atoms with E-state index in [9.17, 15) is 9.00 Å². The van der Waals surface area contributed by atoms with Crippen LogP contribution in [-0.4, -0.2) is 21.9 Å². The summed E-state index contributed by atoms with van der Waals surface area (Å²) >= 11 is 3.34. The van der Waals surface area contributed by atoms with Crippen molar-refractivity contribution < 1.29 is 9.00 Å². The number of nitrogens with one attached hydrogen (secondary N) is 1. The van der Waals surface area contributed by atoms with Crippen LogP contribution in [-0.2, 0) is 15.6 Å². The van der Waals surface area contributed by atoms with Crippen LogP contribution in [0.15, 0.2) is 27.6 Å². The van der Waals surface area contributed by atoms with Gasteiger partial charge in [0, 0.05) is 16.2 Å². The number of hydrogen-bond acceptors (Lipinski definition) is 3. The van der Waals surface area contributed by atoms with Gasteiger partial charge in [-0.2, -0.15) is 0 Å². The van der Waals surface area contributed by atoms with Crippen molar-refractivity contribution in [2.24, 2.45) is 0 Å². The van der Waals surface area contributed by atoms with Crippen LogP contribution in [0, 0.1) is 0 Å². The maximum absolute atomic E-state index is 12.3. The zero-order valence-electron chi connectivity index (χ0n) is 11.9. The van der Waals surface area contributed by atoms with Gasteiger partial charge >= 0.3 is 0 Å². The third-order valence-corrected chi connectivity index (χ3v) is 5.97. The molecule has 1 aliphatic carbocycles. The van der Waals surface area contributed by atoms with E-state index >= 15 is 0 Å². The summed E-state index contributed by atoms with van der Waals surface area (Å²) in [6, 6.07) is 5.35. The Balaban J connectivity index is 1.90. The van der Waals surface area contributed by atoms with E-state index in [2.05, 4.69) is 21.2 Å². The third kappa shape index (κ3) is 5.11. The molecule has 3 N–H and O–H groups in total. The van der Waals surface area contributed by atoms with Crippen LogP contribution in [0.1, 0.15) is 38.5 Å². The van der Waals surface area contributed by atoms with Crippen molar-refractivity contribution in [3.63, 3.8) is 0 Å². The number of rotatable bonds is 4. The van der Waals surface area contributed by atoms with Gasteiger partial charge in [0.05, 0.1) is 15.7 Å². The quantitative estimate of drug-likeness (QED) is 0.630. The lowest BCUT2D eigenvalue weighted by molar-refractivity contribution is -0.119.